The van der Waals surface area contributed by atoms with Crippen LogP contribution in [0.4, 0.5) is 15.8 Å². The molecule has 0 aliphatic carbocycles. The number of hydrogen-bond donors (Lipinski definition) is 0. The number of hydrogen-bond acceptors (Lipinski definition) is 5. The fourth-order valence-electron chi connectivity index (χ4n) is 4.16. The van der Waals surface area contributed by atoms with Crippen LogP contribution in [0.3, 0.4) is 0 Å². The lowest BCUT2D eigenvalue weighted by Gasteiger charge is -2.36. The Morgan fingerprint density at radius 1 is 0.971 bits per heavy atom. The number of aryl methyl sites for hydroxylation is 1. The Labute approximate surface area is 205 Å². The molecule has 0 spiro atoms. The van der Waals surface area contributed by atoms with Crippen LogP contribution in [0.5, 0.6) is 5.75 Å². The molecular weight excluding hydrogens is 469 g/mol. The molecule has 0 atom stereocenters. The summed E-state index contributed by atoms with van der Waals surface area (Å²) in [5.74, 6) is -0.0662. The van der Waals surface area contributed by atoms with E-state index in [2.05, 4.69) is 4.90 Å². The predicted octanol–water partition coefficient (Wildman–Crippen LogP) is 3.93. The van der Waals surface area contributed by atoms with Gasteiger partial charge in [0.25, 0.3) is 15.9 Å². The monoisotopic (exact) mass is 497 g/mol. The number of nitrogens with zero attached hydrogens (tertiary/aromatic N) is 3. The first-order valence-electron chi connectivity index (χ1n) is 11.2. The molecule has 0 radical (unpaired) electrons. The third-order valence-corrected chi connectivity index (χ3v) is 8.05. The quantitative estimate of drug-likeness (QED) is 0.516. The molecule has 4 rings (SSSR count). The number of piperazine rings is 1. The van der Waals surface area contributed by atoms with Crippen LogP contribution < -0.4 is 13.9 Å². The molecule has 184 valence electrons. The van der Waals surface area contributed by atoms with Gasteiger partial charge in [-0.3, -0.25) is 9.10 Å². The van der Waals surface area contributed by atoms with Gasteiger partial charge >= 0.3 is 0 Å². The van der Waals surface area contributed by atoms with Crippen molar-refractivity contribution in [2.45, 2.75) is 11.8 Å². The lowest BCUT2D eigenvalue weighted by molar-refractivity contribution is 0.0746. The van der Waals surface area contributed by atoms with Gasteiger partial charge in [0.05, 0.1) is 17.7 Å². The van der Waals surface area contributed by atoms with E-state index in [1.807, 2.05) is 0 Å². The third-order valence-electron chi connectivity index (χ3n) is 6.28. The minimum absolute atomic E-state index is 0.0322. The van der Waals surface area contributed by atoms with Gasteiger partial charge in [0.15, 0.2) is 0 Å². The summed E-state index contributed by atoms with van der Waals surface area (Å²) in [7, 11) is -0.987. The summed E-state index contributed by atoms with van der Waals surface area (Å²) in [5.41, 5.74) is 2.37. The molecule has 1 aliphatic heterocycles. The molecule has 7 nitrogen and oxygen atoms in total. The highest BCUT2D eigenvalue weighted by Crippen LogP contribution is 2.31. The highest BCUT2D eigenvalue weighted by Gasteiger charge is 2.28. The van der Waals surface area contributed by atoms with E-state index >= 15 is 0 Å². The maximum absolute atomic E-state index is 13.4. The van der Waals surface area contributed by atoms with E-state index in [-0.39, 0.29) is 16.6 Å². The number of benzene rings is 3. The van der Waals surface area contributed by atoms with E-state index in [0.29, 0.717) is 48.7 Å². The first-order valence-corrected chi connectivity index (χ1v) is 12.7. The molecule has 0 saturated carbocycles. The molecule has 3 aromatic rings. The molecule has 0 aromatic heterocycles. The van der Waals surface area contributed by atoms with E-state index in [1.54, 1.807) is 54.3 Å². The van der Waals surface area contributed by atoms with Crippen LogP contribution in [0.1, 0.15) is 15.9 Å². The van der Waals surface area contributed by atoms with Crippen molar-refractivity contribution in [3.8, 4) is 5.75 Å². The summed E-state index contributed by atoms with van der Waals surface area (Å²) in [4.78, 5) is 17.2. The number of rotatable bonds is 6. The Hall–Kier alpha value is -3.59. The molecule has 0 unspecified atom stereocenters. The molecule has 1 aliphatic rings. The summed E-state index contributed by atoms with van der Waals surface area (Å²) < 4.78 is 46.5. The normalized spacial score (nSPS) is 14.1. The maximum Gasteiger partial charge on any atom is 0.264 e. The second kappa shape index (κ2) is 9.95. The number of ether oxygens (including phenoxy) is 1. The molecule has 1 fully saturated rings. The average molecular weight is 498 g/mol. The van der Waals surface area contributed by atoms with Crippen molar-refractivity contribution < 1.29 is 22.3 Å². The number of para-hydroxylation sites is 2. The van der Waals surface area contributed by atoms with Gasteiger partial charge in [0.1, 0.15) is 11.6 Å². The Bertz CT molecular complexity index is 1320. The number of carbonyl (C=O) groups excluding carboxylic acids is 1. The van der Waals surface area contributed by atoms with Gasteiger partial charge in [-0.2, -0.15) is 0 Å². The molecule has 0 bridgehead atoms. The number of amides is 1. The Kier molecular flexibility index (Phi) is 6.98. The molecular formula is C26H28FN3O4S. The van der Waals surface area contributed by atoms with Crippen LogP contribution in [0, 0.1) is 12.7 Å². The van der Waals surface area contributed by atoms with Crippen LogP contribution in [-0.4, -0.2) is 59.6 Å². The minimum Gasteiger partial charge on any atom is -0.495 e. The Morgan fingerprint density at radius 2 is 1.63 bits per heavy atom. The van der Waals surface area contributed by atoms with Crippen LogP contribution >= 0.6 is 0 Å². The van der Waals surface area contributed by atoms with Crippen molar-refractivity contribution in [2.24, 2.45) is 0 Å². The van der Waals surface area contributed by atoms with Gasteiger partial charge < -0.3 is 14.5 Å². The SMILES string of the molecule is COc1ccccc1N(C)S(=O)(=O)c1ccc(C)c(C(=O)N2CCN(c3ccc(F)cc3)CC2)c1. The molecule has 3 aromatic carbocycles. The van der Waals surface area contributed by atoms with Gasteiger partial charge in [-0.15, -0.1) is 0 Å². The minimum atomic E-state index is -3.93. The summed E-state index contributed by atoms with van der Waals surface area (Å²) >= 11 is 0. The number of sulfonamides is 1. The fraction of sp³-hybridized carbons (Fsp3) is 0.269. The smallest absolute Gasteiger partial charge is 0.264 e. The summed E-state index contributed by atoms with van der Waals surface area (Å²) in [6.45, 7) is 3.96. The second-order valence-electron chi connectivity index (χ2n) is 8.38. The Morgan fingerprint density at radius 3 is 2.29 bits per heavy atom. The number of halogens is 1. The first kappa shape index (κ1) is 24.5. The second-order valence-corrected chi connectivity index (χ2v) is 10.3. The van der Waals surface area contributed by atoms with E-state index in [9.17, 15) is 17.6 Å². The van der Waals surface area contributed by atoms with E-state index in [4.69, 9.17) is 4.74 Å². The predicted molar refractivity (Wildman–Crippen MR) is 134 cm³/mol. The lowest BCUT2D eigenvalue weighted by atomic mass is 10.1. The van der Waals surface area contributed by atoms with E-state index in [0.717, 1.165) is 9.99 Å². The molecule has 1 saturated heterocycles. The molecule has 35 heavy (non-hydrogen) atoms. The molecule has 9 heteroatoms. The highest BCUT2D eigenvalue weighted by molar-refractivity contribution is 7.92. The van der Waals surface area contributed by atoms with Crippen molar-refractivity contribution in [1.29, 1.82) is 0 Å². The van der Waals surface area contributed by atoms with Gasteiger partial charge in [-0.05, 0) is 61.0 Å². The van der Waals surface area contributed by atoms with Crippen molar-refractivity contribution in [1.82, 2.24) is 4.90 Å². The van der Waals surface area contributed by atoms with Crippen LogP contribution in [0.2, 0.25) is 0 Å². The zero-order chi connectivity index (χ0) is 25.2. The van der Waals surface area contributed by atoms with Crippen LogP contribution in [0.15, 0.2) is 71.6 Å². The number of carbonyl (C=O) groups is 1. The number of methoxy groups -OCH3 is 1. The van der Waals surface area contributed by atoms with Gasteiger partial charge in [0, 0.05) is 44.5 Å². The Balaban J connectivity index is 1.54. The van der Waals surface area contributed by atoms with Crippen LogP contribution in [0.25, 0.3) is 0 Å². The van der Waals surface area contributed by atoms with Gasteiger partial charge in [-0.25, -0.2) is 12.8 Å². The topological polar surface area (TPSA) is 70.2 Å². The largest absolute Gasteiger partial charge is 0.495 e. The molecule has 0 N–H and O–H groups in total. The number of anilines is 2. The molecule has 1 heterocycles. The van der Waals surface area contributed by atoms with E-state index < -0.39 is 10.0 Å². The van der Waals surface area contributed by atoms with Gasteiger partial charge in [-0.1, -0.05) is 18.2 Å². The van der Waals surface area contributed by atoms with Crippen molar-refractivity contribution in [3.05, 3.63) is 83.7 Å². The summed E-state index contributed by atoms with van der Waals surface area (Å²) in [5, 5.41) is 0. The zero-order valence-corrected chi connectivity index (χ0v) is 20.8. The molecule has 1 amide bonds. The van der Waals surface area contributed by atoms with Crippen molar-refractivity contribution in [3.63, 3.8) is 0 Å². The fourth-order valence-corrected chi connectivity index (χ4v) is 5.39. The van der Waals surface area contributed by atoms with Gasteiger partial charge in [0.2, 0.25) is 0 Å². The standard InChI is InChI=1S/C26H28FN3O4S/c1-19-8-13-22(35(32,33)28(2)24-6-4-5-7-25(24)34-3)18-23(19)26(31)30-16-14-29(15-17-30)21-11-9-20(27)10-12-21/h4-13,18H,14-17H2,1-3H3. The summed E-state index contributed by atoms with van der Waals surface area (Å²) in [6, 6.07) is 17.8. The van der Waals surface area contributed by atoms with Crippen LogP contribution in [-0.2, 0) is 10.0 Å². The average Bonchev–Trinajstić information content (AvgIpc) is 2.88. The zero-order valence-electron chi connectivity index (χ0n) is 19.9. The van der Waals surface area contributed by atoms with Crippen molar-refractivity contribution >= 4 is 27.3 Å². The maximum atomic E-state index is 13.4. The summed E-state index contributed by atoms with van der Waals surface area (Å²) in [6.07, 6.45) is 0. The first-order chi connectivity index (χ1) is 16.7. The highest BCUT2D eigenvalue weighted by atomic mass is 32.2. The third kappa shape index (κ3) is 4.95. The lowest BCUT2D eigenvalue weighted by Crippen LogP contribution is -2.49. The van der Waals surface area contributed by atoms with E-state index in [1.165, 1.54) is 38.4 Å². The van der Waals surface area contributed by atoms with Crippen molar-refractivity contribution in [2.75, 3.05) is 49.5 Å².